The summed E-state index contributed by atoms with van der Waals surface area (Å²) in [7, 11) is 0. The molecule has 0 saturated heterocycles. The van der Waals surface area contributed by atoms with Crippen molar-refractivity contribution in [1.29, 1.82) is 5.26 Å². The van der Waals surface area contributed by atoms with Crippen LogP contribution >= 0.6 is 11.3 Å². The smallest absolute Gasteiger partial charge is 0.124 e. The molecule has 21 heavy (non-hydrogen) atoms. The topological polar surface area (TPSA) is 27.0 Å². The third kappa shape index (κ3) is 3.34. The minimum Gasteiger partial charge on any atom is -0.280 e. The van der Waals surface area contributed by atoms with Crippen molar-refractivity contribution in [2.75, 3.05) is 6.54 Å². The van der Waals surface area contributed by atoms with E-state index in [9.17, 15) is 5.26 Å². The molecule has 2 aromatic rings. The number of rotatable bonds is 2. The van der Waals surface area contributed by atoms with Gasteiger partial charge in [0.15, 0.2) is 0 Å². The first kappa shape index (κ1) is 15.8. The van der Waals surface area contributed by atoms with Gasteiger partial charge in [-0.25, -0.2) is 0 Å². The second-order valence-corrected chi connectivity index (χ2v) is 5.98. The van der Waals surface area contributed by atoms with Crippen LogP contribution in [0, 0.1) is 18.3 Å². The molecular weight excluding hydrogens is 276 g/mol. The lowest BCUT2D eigenvalue weighted by molar-refractivity contribution is 0.218. The Balaban J connectivity index is 0.000000774. The highest BCUT2D eigenvalue weighted by molar-refractivity contribution is 7.10. The number of aryl methyl sites for hydroxylation is 1. The van der Waals surface area contributed by atoms with Crippen molar-refractivity contribution < 1.29 is 0 Å². The average Bonchev–Trinajstić information content (AvgIpc) is 2.99. The van der Waals surface area contributed by atoms with Gasteiger partial charge in [-0.1, -0.05) is 38.1 Å². The maximum Gasteiger partial charge on any atom is 0.124 e. The highest BCUT2D eigenvalue weighted by Gasteiger charge is 2.25. The van der Waals surface area contributed by atoms with Gasteiger partial charge in [-0.2, -0.15) is 5.26 Å². The van der Waals surface area contributed by atoms with Crippen LogP contribution in [0.2, 0.25) is 0 Å². The summed E-state index contributed by atoms with van der Waals surface area (Å²) in [4.78, 5) is 3.77. The molecule has 1 unspecified atom stereocenters. The second kappa shape index (κ2) is 7.40. The molecule has 1 aliphatic heterocycles. The van der Waals surface area contributed by atoms with Crippen LogP contribution in [0.25, 0.3) is 0 Å². The fourth-order valence-corrected chi connectivity index (χ4v) is 3.62. The molecule has 1 aliphatic rings. The molecule has 1 atom stereocenters. The van der Waals surface area contributed by atoms with Crippen molar-refractivity contribution in [1.82, 2.24) is 4.90 Å². The Morgan fingerprint density at radius 1 is 1.24 bits per heavy atom. The van der Waals surface area contributed by atoms with E-state index >= 15 is 0 Å². The number of benzene rings is 1. The van der Waals surface area contributed by atoms with Crippen LogP contribution < -0.4 is 0 Å². The molecule has 110 valence electrons. The Hall–Kier alpha value is -1.63. The number of thiophene rings is 1. The van der Waals surface area contributed by atoms with Crippen LogP contribution in [0.1, 0.15) is 41.5 Å². The summed E-state index contributed by atoms with van der Waals surface area (Å²) < 4.78 is 0. The zero-order valence-corrected chi connectivity index (χ0v) is 13.8. The van der Waals surface area contributed by atoms with Crippen LogP contribution in [0.3, 0.4) is 0 Å². The van der Waals surface area contributed by atoms with Crippen LogP contribution in [0.4, 0.5) is 0 Å². The SMILES string of the molecule is CC.Cc1ccccc1C(C#N)N1CCc2sccc2C1. The fraction of sp³-hybridized carbons (Fsp3) is 0.389. The van der Waals surface area contributed by atoms with E-state index < -0.39 is 0 Å². The van der Waals surface area contributed by atoms with E-state index in [-0.39, 0.29) is 6.04 Å². The molecule has 3 heteroatoms. The maximum atomic E-state index is 9.57. The van der Waals surface area contributed by atoms with Crippen LogP contribution in [-0.2, 0) is 13.0 Å². The van der Waals surface area contributed by atoms with Crippen molar-refractivity contribution in [2.45, 2.75) is 39.8 Å². The third-order valence-corrected chi connectivity index (χ3v) is 4.83. The summed E-state index contributed by atoms with van der Waals surface area (Å²) in [6.07, 6.45) is 1.07. The molecule has 0 aliphatic carbocycles. The summed E-state index contributed by atoms with van der Waals surface area (Å²) in [5.41, 5.74) is 3.74. The van der Waals surface area contributed by atoms with E-state index in [4.69, 9.17) is 0 Å². The molecule has 0 fully saturated rings. The number of hydrogen-bond acceptors (Lipinski definition) is 3. The molecule has 0 amide bonds. The summed E-state index contributed by atoms with van der Waals surface area (Å²) >= 11 is 1.84. The first-order valence-corrected chi connectivity index (χ1v) is 8.42. The molecular formula is C18H22N2S. The largest absolute Gasteiger partial charge is 0.280 e. The van der Waals surface area contributed by atoms with Crippen molar-refractivity contribution in [3.05, 3.63) is 57.3 Å². The number of fused-ring (bicyclic) bond motifs is 1. The molecule has 0 saturated carbocycles. The molecule has 3 rings (SSSR count). The van der Waals surface area contributed by atoms with Crippen LogP contribution in [0.15, 0.2) is 35.7 Å². The van der Waals surface area contributed by atoms with Gasteiger partial charge in [0.05, 0.1) is 6.07 Å². The Labute approximate surface area is 131 Å². The molecule has 1 aromatic carbocycles. The Morgan fingerprint density at radius 3 is 2.71 bits per heavy atom. The van der Waals surface area contributed by atoms with Crippen molar-refractivity contribution in [3.63, 3.8) is 0 Å². The van der Waals surface area contributed by atoms with Crippen molar-refractivity contribution in [2.24, 2.45) is 0 Å². The third-order valence-electron chi connectivity index (χ3n) is 3.81. The predicted molar refractivity (Wildman–Crippen MR) is 89.3 cm³/mol. The zero-order valence-electron chi connectivity index (χ0n) is 13.0. The normalized spacial score (nSPS) is 15.3. The van der Waals surface area contributed by atoms with Gasteiger partial charge in [0.25, 0.3) is 0 Å². The van der Waals surface area contributed by atoms with E-state index in [2.05, 4.69) is 41.5 Å². The highest BCUT2D eigenvalue weighted by Crippen LogP contribution is 2.31. The van der Waals surface area contributed by atoms with Crippen LogP contribution in [-0.4, -0.2) is 11.4 Å². The zero-order chi connectivity index (χ0) is 15.2. The van der Waals surface area contributed by atoms with Crippen LogP contribution in [0.5, 0.6) is 0 Å². The molecule has 0 spiro atoms. The van der Waals surface area contributed by atoms with E-state index in [0.29, 0.717) is 0 Å². The van der Waals surface area contributed by atoms with Crippen molar-refractivity contribution >= 4 is 11.3 Å². The van der Waals surface area contributed by atoms with Gasteiger partial charge in [-0.15, -0.1) is 11.3 Å². The summed E-state index contributed by atoms with van der Waals surface area (Å²) in [5, 5.41) is 11.7. The minimum atomic E-state index is -0.130. The van der Waals surface area contributed by atoms with E-state index in [1.807, 2.05) is 37.3 Å². The maximum absolute atomic E-state index is 9.57. The Bertz CT molecular complexity index is 624. The van der Waals surface area contributed by atoms with Gasteiger partial charge in [0, 0.05) is 18.0 Å². The molecule has 2 heterocycles. The molecule has 1 aromatic heterocycles. The molecule has 0 bridgehead atoms. The molecule has 0 N–H and O–H groups in total. The standard InChI is InChI=1S/C16H16N2S.C2H6/c1-12-4-2-3-5-14(12)15(10-17)18-8-6-16-13(11-18)7-9-19-16;1-2/h2-5,7,9,15H,6,8,11H2,1H3;1-2H3. The van der Waals surface area contributed by atoms with Gasteiger partial charge in [-0.3, -0.25) is 4.90 Å². The first-order valence-electron chi connectivity index (χ1n) is 7.54. The number of nitriles is 1. The average molecular weight is 298 g/mol. The minimum absolute atomic E-state index is 0.130. The lowest BCUT2D eigenvalue weighted by atomic mass is 9.98. The van der Waals surface area contributed by atoms with E-state index in [1.165, 1.54) is 16.0 Å². The van der Waals surface area contributed by atoms with E-state index in [0.717, 1.165) is 25.1 Å². The molecule has 2 nitrogen and oxygen atoms in total. The summed E-state index contributed by atoms with van der Waals surface area (Å²) in [6.45, 7) is 7.95. The number of nitrogens with zero attached hydrogens (tertiary/aromatic N) is 2. The lowest BCUT2D eigenvalue weighted by Crippen LogP contribution is -2.33. The highest BCUT2D eigenvalue weighted by atomic mass is 32.1. The molecule has 0 radical (unpaired) electrons. The summed E-state index contributed by atoms with van der Waals surface area (Å²) in [6, 6.07) is 12.8. The fourth-order valence-electron chi connectivity index (χ4n) is 2.73. The quantitative estimate of drug-likeness (QED) is 0.803. The monoisotopic (exact) mass is 298 g/mol. The van der Waals surface area contributed by atoms with Gasteiger partial charge in [0.2, 0.25) is 0 Å². The second-order valence-electron chi connectivity index (χ2n) is 4.98. The number of hydrogen-bond donors (Lipinski definition) is 0. The Kier molecular flexibility index (Phi) is 5.55. The van der Waals surface area contributed by atoms with Gasteiger partial charge >= 0.3 is 0 Å². The van der Waals surface area contributed by atoms with Crippen molar-refractivity contribution in [3.8, 4) is 6.07 Å². The van der Waals surface area contributed by atoms with Gasteiger partial charge in [-0.05, 0) is 41.5 Å². The van der Waals surface area contributed by atoms with Gasteiger partial charge in [0.1, 0.15) is 6.04 Å². The first-order chi connectivity index (χ1) is 10.3. The lowest BCUT2D eigenvalue weighted by Gasteiger charge is -2.31. The summed E-state index contributed by atoms with van der Waals surface area (Å²) in [5.74, 6) is 0. The van der Waals surface area contributed by atoms with E-state index in [1.54, 1.807) is 0 Å². The predicted octanol–water partition coefficient (Wildman–Crippen LogP) is 4.71. The Morgan fingerprint density at radius 2 is 2.00 bits per heavy atom. The van der Waals surface area contributed by atoms with Gasteiger partial charge < -0.3 is 0 Å².